The van der Waals surface area contributed by atoms with Crippen molar-refractivity contribution >= 4 is 17.9 Å². The number of unbranched alkanes of at least 4 members (excludes halogenated alkanes) is 29. The number of rotatable bonds is 66. The fourth-order valence-electron chi connectivity index (χ4n) is 9.86. The SMILES string of the molecule is CC/C=C\C/C=C\C/C=C\C/C=C\C/C=C\C/C=C\C/C=C\C/C=C\C/C=C\C/C=C\CCCCCCCCCCCCC(=O)OC(COC(=O)CCCCCCCCCCCCC/C=C\CCCCCCCCCC)COC(OCC[N+](C)(C)C)C(=O)O. The van der Waals surface area contributed by atoms with E-state index >= 15 is 0 Å². The molecular weight excluding hydrogens is 1100 g/mol. The maximum absolute atomic E-state index is 13.0. The number of carboxylic acids is 1. The van der Waals surface area contributed by atoms with Crippen LogP contribution in [0.1, 0.15) is 296 Å². The van der Waals surface area contributed by atoms with Crippen molar-refractivity contribution in [2.45, 2.75) is 309 Å². The summed E-state index contributed by atoms with van der Waals surface area (Å²) in [5.41, 5.74) is 0. The number of allylic oxidation sites excluding steroid dienone is 22. The number of carboxylic acid groups (broad SMARTS) is 1. The number of aliphatic carboxylic acids is 1. The first-order valence-corrected chi connectivity index (χ1v) is 36.3. The Morgan fingerprint density at radius 3 is 0.966 bits per heavy atom. The lowest BCUT2D eigenvalue weighted by Gasteiger charge is -2.25. The van der Waals surface area contributed by atoms with Gasteiger partial charge >= 0.3 is 17.9 Å². The molecule has 0 aromatic rings. The van der Waals surface area contributed by atoms with E-state index in [1.807, 2.05) is 21.1 Å². The van der Waals surface area contributed by atoms with Crippen molar-refractivity contribution in [3.05, 3.63) is 134 Å². The lowest BCUT2D eigenvalue weighted by Crippen LogP contribution is -2.40. The first-order valence-electron chi connectivity index (χ1n) is 36.3. The molecule has 0 aliphatic rings. The second-order valence-corrected chi connectivity index (χ2v) is 25.2. The predicted molar refractivity (Wildman–Crippen MR) is 382 cm³/mol. The Labute approximate surface area is 548 Å². The van der Waals surface area contributed by atoms with E-state index in [1.54, 1.807) is 0 Å². The average molecular weight is 1240 g/mol. The van der Waals surface area contributed by atoms with Crippen LogP contribution in [0.4, 0.5) is 0 Å². The quantitative estimate of drug-likeness (QED) is 0.0211. The Balaban J connectivity index is 4.13. The van der Waals surface area contributed by atoms with Gasteiger partial charge in [-0.3, -0.25) is 9.59 Å². The van der Waals surface area contributed by atoms with Gasteiger partial charge in [-0.15, -0.1) is 0 Å². The minimum Gasteiger partial charge on any atom is -0.477 e. The second-order valence-electron chi connectivity index (χ2n) is 25.2. The zero-order valence-corrected chi connectivity index (χ0v) is 58.0. The first kappa shape index (κ1) is 84.4. The highest BCUT2D eigenvalue weighted by Gasteiger charge is 2.25. The normalized spacial score (nSPS) is 13.5. The monoisotopic (exact) mass is 1240 g/mol. The summed E-state index contributed by atoms with van der Waals surface area (Å²) in [6.07, 6.45) is 97.1. The highest BCUT2D eigenvalue weighted by atomic mass is 16.7. The molecule has 0 saturated heterocycles. The molecule has 0 rings (SSSR count). The Morgan fingerprint density at radius 2 is 0.640 bits per heavy atom. The molecule has 0 spiro atoms. The van der Waals surface area contributed by atoms with Crippen LogP contribution in [0.15, 0.2) is 134 Å². The van der Waals surface area contributed by atoms with E-state index in [-0.39, 0.29) is 32.2 Å². The van der Waals surface area contributed by atoms with Gasteiger partial charge in [0.1, 0.15) is 13.2 Å². The Kier molecular flexibility index (Phi) is 65.8. The maximum atomic E-state index is 13.0. The van der Waals surface area contributed by atoms with E-state index in [9.17, 15) is 19.5 Å². The van der Waals surface area contributed by atoms with E-state index in [0.29, 0.717) is 23.9 Å². The Hall–Kier alpha value is -4.57. The fourth-order valence-corrected chi connectivity index (χ4v) is 9.86. The van der Waals surface area contributed by atoms with Gasteiger partial charge in [-0.2, -0.15) is 0 Å². The summed E-state index contributed by atoms with van der Waals surface area (Å²) < 4.78 is 23.0. The lowest BCUT2D eigenvalue weighted by molar-refractivity contribution is -0.870. The molecule has 0 aliphatic carbocycles. The van der Waals surface area contributed by atoms with E-state index in [0.717, 1.165) is 109 Å². The number of nitrogens with zero attached hydrogens (tertiary/aromatic N) is 1. The minimum absolute atomic E-state index is 0.182. The van der Waals surface area contributed by atoms with Gasteiger partial charge in [0.2, 0.25) is 0 Å². The zero-order chi connectivity index (χ0) is 64.7. The molecule has 2 atom stereocenters. The summed E-state index contributed by atoms with van der Waals surface area (Å²) >= 11 is 0. The molecule has 0 aliphatic heterocycles. The van der Waals surface area contributed by atoms with Crippen molar-refractivity contribution in [3.63, 3.8) is 0 Å². The van der Waals surface area contributed by atoms with Crippen molar-refractivity contribution in [1.29, 1.82) is 0 Å². The molecule has 0 heterocycles. The number of likely N-dealkylation sites (N-methyl/N-ethyl adjacent to an activating group) is 1. The van der Waals surface area contributed by atoms with E-state index < -0.39 is 24.3 Å². The van der Waals surface area contributed by atoms with Gasteiger partial charge in [-0.05, 0) is 116 Å². The standard InChI is InChI=1S/C80H135NO8/c1-6-8-10-12-14-16-18-20-22-24-26-28-30-31-32-33-34-35-36-37-38-39-40-41-42-43-44-45-46-47-49-51-53-55-57-59-61-63-65-67-69-71-78(83)89-76(75-88-80(79(84)85)86-73-72-81(3,4)5)74-87-77(82)70-68-66-64-62-60-58-56-54-52-50-48-29-27-25-23-21-19-17-15-13-11-9-7-2/h8,10,14,16,20,22,25-28,31-32,34-35,37-38,40-41,43-44,46-47,76,80H,6-7,9,11-13,15,17-19,21,23-24,29-30,33,36,39,42,45,48-75H2,1-5H3/p+1/b10-8-,16-14-,22-20-,27-25-,28-26-,32-31-,35-34-,38-37-,41-40-,44-43-,47-46-. The largest absolute Gasteiger partial charge is 0.477 e. The third-order valence-electron chi connectivity index (χ3n) is 15.4. The molecule has 0 aromatic carbocycles. The van der Waals surface area contributed by atoms with Crippen molar-refractivity contribution in [2.24, 2.45) is 0 Å². The smallest absolute Gasteiger partial charge is 0.361 e. The fraction of sp³-hybridized carbons (Fsp3) is 0.688. The van der Waals surface area contributed by atoms with Gasteiger partial charge in [0.25, 0.3) is 6.29 Å². The maximum Gasteiger partial charge on any atom is 0.361 e. The highest BCUT2D eigenvalue weighted by Crippen LogP contribution is 2.17. The summed E-state index contributed by atoms with van der Waals surface area (Å²) in [6, 6.07) is 0. The topological polar surface area (TPSA) is 108 Å². The lowest BCUT2D eigenvalue weighted by atomic mass is 10.0. The number of carbonyl (C=O) groups excluding carboxylic acids is 2. The summed E-state index contributed by atoms with van der Waals surface area (Å²) in [7, 11) is 5.97. The average Bonchev–Trinajstić information content (AvgIpc) is 3.64. The van der Waals surface area contributed by atoms with Crippen LogP contribution in [-0.4, -0.2) is 87.4 Å². The van der Waals surface area contributed by atoms with Crippen LogP contribution >= 0.6 is 0 Å². The van der Waals surface area contributed by atoms with Gasteiger partial charge in [-0.1, -0.05) is 302 Å². The molecule has 0 saturated carbocycles. The molecule has 1 N–H and O–H groups in total. The minimum atomic E-state index is -1.52. The van der Waals surface area contributed by atoms with Gasteiger partial charge < -0.3 is 28.5 Å². The highest BCUT2D eigenvalue weighted by molar-refractivity contribution is 5.71. The number of hydrogen-bond donors (Lipinski definition) is 1. The van der Waals surface area contributed by atoms with Gasteiger partial charge in [0.15, 0.2) is 6.10 Å². The molecule has 2 unspecified atom stereocenters. The van der Waals surface area contributed by atoms with Crippen LogP contribution in [0, 0.1) is 0 Å². The third kappa shape index (κ3) is 70.7. The van der Waals surface area contributed by atoms with Crippen molar-refractivity contribution in [3.8, 4) is 0 Å². The molecule has 0 amide bonds. The van der Waals surface area contributed by atoms with Crippen molar-refractivity contribution < 1.29 is 42.9 Å². The molecule has 0 fully saturated rings. The molecular formula is C80H136NO8+. The molecule has 0 bridgehead atoms. The Bertz CT molecular complexity index is 1930. The molecule has 9 heteroatoms. The van der Waals surface area contributed by atoms with Crippen LogP contribution in [0.25, 0.3) is 0 Å². The van der Waals surface area contributed by atoms with Crippen LogP contribution in [0.2, 0.25) is 0 Å². The molecule has 0 aromatic heterocycles. The zero-order valence-electron chi connectivity index (χ0n) is 58.0. The Morgan fingerprint density at radius 1 is 0.348 bits per heavy atom. The molecule has 508 valence electrons. The number of quaternary nitrogens is 1. The summed E-state index contributed by atoms with van der Waals surface area (Å²) in [5.74, 6) is -2.01. The third-order valence-corrected chi connectivity index (χ3v) is 15.4. The summed E-state index contributed by atoms with van der Waals surface area (Å²) in [6.45, 7) is 4.77. The summed E-state index contributed by atoms with van der Waals surface area (Å²) in [4.78, 5) is 37.6. The van der Waals surface area contributed by atoms with Gasteiger partial charge in [0, 0.05) is 12.8 Å². The number of ether oxygens (including phenoxy) is 4. The van der Waals surface area contributed by atoms with Gasteiger partial charge in [-0.25, -0.2) is 4.79 Å². The number of hydrogen-bond acceptors (Lipinski definition) is 7. The molecule has 9 nitrogen and oxygen atoms in total. The van der Waals surface area contributed by atoms with Crippen molar-refractivity contribution in [1.82, 2.24) is 0 Å². The van der Waals surface area contributed by atoms with E-state index in [4.69, 9.17) is 18.9 Å². The van der Waals surface area contributed by atoms with Crippen LogP contribution in [-0.2, 0) is 33.3 Å². The number of carbonyl (C=O) groups is 3. The molecule has 89 heavy (non-hydrogen) atoms. The predicted octanol–water partition coefficient (Wildman–Crippen LogP) is 22.9. The van der Waals surface area contributed by atoms with E-state index in [1.165, 1.54) is 154 Å². The van der Waals surface area contributed by atoms with E-state index in [2.05, 4.69) is 148 Å². The molecule has 0 radical (unpaired) electrons. The van der Waals surface area contributed by atoms with Crippen molar-refractivity contribution in [2.75, 3.05) is 47.5 Å². The van der Waals surface area contributed by atoms with Gasteiger partial charge in [0.05, 0.1) is 34.4 Å². The first-order chi connectivity index (χ1) is 43.6. The number of esters is 2. The van der Waals surface area contributed by atoms with Crippen LogP contribution in [0.3, 0.4) is 0 Å². The second kappa shape index (κ2) is 69.3. The summed E-state index contributed by atoms with van der Waals surface area (Å²) in [5, 5.41) is 9.75. The van der Waals surface area contributed by atoms with Crippen LogP contribution in [0.5, 0.6) is 0 Å². The van der Waals surface area contributed by atoms with Crippen LogP contribution < -0.4 is 0 Å².